The van der Waals surface area contributed by atoms with Crippen LogP contribution in [0.25, 0.3) is 0 Å². The third kappa shape index (κ3) is 10.1. The lowest BCUT2D eigenvalue weighted by Gasteiger charge is -2.22. The van der Waals surface area contributed by atoms with Crippen LogP contribution < -0.4 is 11.5 Å². The molecule has 0 amide bonds. The zero-order valence-electron chi connectivity index (χ0n) is 9.83. The van der Waals surface area contributed by atoms with Gasteiger partial charge in [-0.25, -0.2) is 0 Å². The maximum Gasteiger partial charge on any atom is 0.169 e. The van der Waals surface area contributed by atoms with E-state index in [9.17, 15) is 0 Å². The van der Waals surface area contributed by atoms with E-state index in [2.05, 4.69) is 6.92 Å². The Kier molecular flexibility index (Phi) is 8.94. The summed E-state index contributed by atoms with van der Waals surface area (Å²) in [5.74, 6) is -1.03. The fraction of sp³-hybridized carbons (Fsp3) is 1.00. The van der Waals surface area contributed by atoms with Crippen molar-refractivity contribution in [3.63, 3.8) is 0 Å². The highest BCUT2D eigenvalue weighted by Crippen LogP contribution is 1.98. The lowest BCUT2D eigenvalue weighted by molar-refractivity contribution is -0.0674. The molecule has 0 radical (unpaired) electrons. The van der Waals surface area contributed by atoms with Gasteiger partial charge in [-0.05, 0) is 6.42 Å². The summed E-state index contributed by atoms with van der Waals surface area (Å²) in [5, 5.41) is 0. The second kappa shape index (κ2) is 9.06. The van der Waals surface area contributed by atoms with Crippen molar-refractivity contribution < 1.29 is 14.2 Å². The maximum atomic E-state index is 5.57. The summed E-state index contributed by atoms with van der Waals surface area (Å²) < 4.78 is 15.7. The molecule has 0 aliphatic heterocycles. The minimum absolute atomic E-state index is 0.411. The second-order valence-electron chi connectivity index (χ2n) is 3.38. The Morgan fingerprint density at radius 3 is 1.93 bits per heavy atom. The third-order valence-corrected chi connectivity index (χ3v) is 1.87. The van der Waals surface area contributed by atoms with E-state index in [-0.39, 0.29) is 0 Å². The summed E-state index contributed by atoms with van der Waals surface area (Å²) in [6.07, 6.45) is 1.61. The van der Waals surface area contributed by atoms with Crippen molar-refractivity contribution in [3.8, 4) is 0 Å². The highest BCUT2D eigenvalue weighted by atomic mass is 16.6. The molecular weight excluding hydrogens is 196 g/mol. The van der Waals surface area contributed by atoms with Crippen LogP contribution in [0.4, 0.5) is 0 Å². The molecule has 0 heterocycles. The predicted molar refractivity (Wildman–Crippen MR) is 59.3 cm³/mol. The third-order valence-electron chi connectivity index (χ3n) is 1.87. The van der Waals surface area contributed by atoms with E-state index < -0.39 is 5.85 Å². The van der Waals surface area contributed by atoms with E-state index in [4.69, 9.17) is 25.7 Å². The Balaban J connectivity index is 3.11. The summed E-state index contributed by atoms with van der Waals surface area (Å²) in [6.45, 7) is 6.83. The summed E-state index contributed by atoms with van der Waals surface area (Å²) in [7, 11) is 0. The molecule has 4 N–H and O–H groups in total. The molecule has 0 bridgehead atoms. The molecule has 5 nitrogen and oxygen atoms in total. The van der Waals surface area contributed by atoms with Gasteiger partial charge in [-0.3, -0.25) is 11.5 Å². The fourth-order valence-electron chi connectivity index (χ4n) is 0.859. The molecule has 15 heavy (non-hydrogen) atoms. The number of ether oxygens (including phenoxy) is 3. The van der Waals surface area contributed by atoms with Crippen molar-refractivity contribution in [2.75, 3.05) is 33.0 Å². The summed E-state index contributed by atoms with van der Waals surface area (Å²) >= 11 is 0. The average molecular weight is 220 g/mol. The van der Waals surface area contributed by atoms with Crippen molar-refractivity contribution in [1.29, 1.82) is 0 Å². The zero-order chi connectivity index (χ0) is 11.6. The molecule has 5 heteroatoms. The van der Waals surface area contributed by atoms with Crippen molar-refractivity contribution in [2.45, 2.75) is 32.5 Å². The van der Waals surface area contributed by atoms with Gasteiger partial charge >= 0.3 is 0 Å². The number of rotatable bonds is 10. The molecule has 0 fully saturated rings. The van der Waals surface area contributed by atoms with Crippen LogP contribution in [0.1, 0.15) is 26.7 Å². The average Bonchev–Trinajstić information content (AvgIpc) is 2.22. The van der Waals surface area contributed by atoms with Crippen molar-refractivity contribution in [2.24, 2.45) is 11.5 Å². The predicted octanol–water partition coefficient (Wildman–Crippen LogP) is 0.427. The molecule has 0 aromatic rings. The molecule has 0 atom stereocenters. The second-order valence-corrected chi connectivity index (χ2v) is 3.38. The van der Waals surface area contributed by atoms with E-state index in [0.29, 0.717) is 32.8 Å². The molecule has 0 aliphatic carbocycles. The number of hydrogen-bond acceptors (Lipinski definition) is 5. The maximum absolute atomic E-state index is 5.57. The highest BCUT2D eigenvalue weighted by Gasteiger charge is 2.15. The quantitative estimate of drug-likeness (QED) is 0.412. The molecule has 92 valence electrons. The minimum Gasteiger partial charge on any atom is -0.379 e. The van der Waals surface area contributed by atoms with Gasteiger partial charge in [-0.1, -0.05) is 13.8 Å². The van der Waals surface area contributed by atoms with E-state index in [1.165, 1.54) is 0 Å². The largest absolute Gasteiger partial charge is 0.379 e. The number of nitrogens with two attached hydrogens (primary N) is 2. The minimum atomic E-state index is -1.03. The Hall–Kier alpha value is -0.200. The van der Waals surface area contributed by atoms with Crippen LogP contribution in [0.2, 0.25) is 0 Å². The van der Waals surface area contributed by atoms with Crippen LogP contribution in [0.5, 0.6) is 0 Å². The smallest absolute Gasteiger partial charge is 0.169 e. The Bertz CT molecular complexity index is 143. The molecule has 0 saturated carbocycles. The topological polar surface area (TPSA) is 79.7 Å². The zero-order valence-corrected chi connectivity index (χ0v) is 9.83. The Morgan fingerprint density at radius 2 is 1.40 bits per heavy atom. The van der Waals surface area contributed by atoms with Crippen molar-refractivity contribution in [3.05, 3.63) is 0 Å². The summed E-state index contributed by atoms with van der Waals surface area (Å²) in [6, 6.07) is 0. The van der Waals surface area contributed by atoms with Crippen LogP contribution in [-0.4, -0.2) is 38.9 Å². The monoisotopic (exact) mass is 220 g/mol. The van der Waals surface area contributed by atoms with Gasteiger partial charge in [-0.15, -0.1) is 0 Å². The fourth-order valence-corrected chi connectivity index (χ4v) is 0.859. The molecular formula is C10H24N2O3. The van der Waals surface area contributed by atoms with Crippen LogP contribution in [0.15, 0.2) is 0 Å². The van der Waals surface area contributed by atoms with Crippen LogP contribution in [0, 0.1) is 0 Å². The Labute approximate surface area is 92.0 Å². The van der Waals surface area contributed by atoms with Gasteiger partial charge in [0.1, 0.15) is 0 Å². The van der Waals surface area contributed by atoms with Gasteiger partial charge in [0.2, 0.25) is 0 Å². The molecule has 0 aromatic carbocycles. The van der Waals surface area contributed by atoms with Gasteiger partial charge in [0.25, 0.3) is 0 Å². The van der Waals surface area contributed by atoms with E-state index in [1.54, 1.807) is 0 Å². The van der Waals surface area contributed by atoms with Gasteiger partial charge < -0.3 is 14.2 Å². The summed E-state index contributed by atoms with van der Waals surface area (Å²) in [5.41, 5.74) is 11.1. The first-order chi connectivity index (χ1) is 7.12. The van der Waals surface area contributed by atoms with Crippen molar-refractivity contribution in [1.82, 2.24) is 0 Å². The van der Waals surface area contributed by atoms with E-state index >= 15 is 0 Å². The van der Waals surface area contributed by atoms with Crippen LogP contribution in [0.3, 0.4) is 0 Å². The van der Waals surface area contributed by atoms with E-state index in [0.717, 1.165) is 13.0 Å². The molecule has 0 rings (SSSR count). The normalized spacial score (nSPS) is 12.0. The van der Waals surface area contributed by atoms with Gasteiger partial charge in [0.05, 0.1) is 26.4 Å². The molecule has 0 saturated heterocycles. The SMILES string of the molecule is CCCOCCOCCOC(N)(N)CC. The van der Waals surface area contributed by atoms with Crippen LogP contribution in [-0.2, 0) is 14.2 Å². The van der Waals surface area contributed by atoms with Gasteiger partial charge in [0, 0.05) is 13.0 Å². The molecule has 0 aromatic heterocycles. The number of hydrogen-bond donors (Lipinski definition) is 2. The molecule has 0 aliphatic rings. The first-order valence-electron chi connectivity index (χ1n) is 5.49. The van der Waals surface area contributed by atoms with Crippen molar-refractivity contribution >= 4 is 0 Å². The highest BCUT2D eigenvalue weighted by molar-refractivity contribution is 4.59. The van der Waals surface area contributed by atoms with Crippen LogP contribution >= 0.6 is 0 Å². The first-order valence-corrected chi connectivity index (χ1v) is 5.49. The lowest BCUT2D eigenvalue weighted by atomic mass is 10.3. The standard InChI is InChI=1S/C10H24N2O3/c1-3-5-13-6-7-14-8-9-15-10(11,12)4-2/h3-9,11-12H2,1-2H3. The first kappa shape index (κ1) is 14.8. The Morgan fingerprint density at radius 1 is 0.867 bits per heavy atom. The lowest BCUT2D eigenvalue weighted by Crippen LogP contribution is -2.51. The molecule has 0 unspecified atom stereocenters. The molecule has 0 spiro atoms. The van der Waals surface area contributed by atoms with E-state index in [1.807, 2.05) is 6.92 Å². The van der Waals surface area contributed by atoms with Gasteiger partial charge in [-0.2, -0.15) is 0 Å². The summed E-state index contributed by atoms with van der Waals surface area (Å²) in [4.78, 5) is 0. The van der Waals surface area contributed by atoms with Gasteiger partial charge in [0.15, 0.2) is 5.85 Å².